The van der Waals surface area contributed by atoms with Gasteiger partial charge in [-0.1, -0.05) is 6.07 Å². The highest BCUT2D eigenvalue weighted by molar-refractivity contribution is 6.07. The van der Waals surface area contributed by atoms with Crippen LogP contribution in [0.25, 0.3) is 0 Å². The first-order valence-corrected chi connectivity index (χ1v) is 5.61. The number of benzene rings is 1. The fraction of sp³-hybridized carbons (Fsp3) is 0.0769. The summed E-state index contributed by atoms with van der Waals surface area (Å²) in [6.45, 7) is 0. The van der Waals surface area contributed by atoms with Gasteiger partial charge in [0.2, 0.25) is 0 Å². The van der Waals surface area contributed by atoms with Crippen LogP contribution in [0.4, 0.5) is 24.7 Å². The van der Waals surface area contributed by atoms with Crippen LogP contribution in [0.3, 0.4) is 0 Å². The number of pyridine rings is 1. The van der Waals surface area contributed by atoms with Crippen molar-refractivity contribution in [3.05, 3.63) is 53.5 Å². The zero-order chi connectivity index (χ0) is 14.7. The zero-order valence-electron chi connectivity index (χ0n) is 10.4. The van der Waals surface area contributed by atoms with Crippen molar-refractivity contribution in [3.63, 3.8) is 0 Å². The number of carbonyl (C=O) groups excluding carboxylic acids is 1. The van der Waals surface area contributed by atoms with Crippen molar-refractivity contribution >= 4 is 17.4 Å². The lowest BCUT2D eigenvalue weighted by molar-refractivity contribution is 0.102. The van der Waals surface area contributed by atoms with E-state index in [0.717, 1.165) is 18.3 Å². The number of hydrogen-bond acceptors (Lipinski definition) is 3. The number of halogens is 3. The van der Waals surface area contributed by atoms with Gasteiger partial charge in [-0.25, -0.2) is 18.2 Å². The van der Waals surface area contributed by atoms with Crippen LogP contribution in [0, 0.1) is 17.5 Å². The zero-order valence-corrected chi connectivity index (χ0v) is 10.4. The maximum absolute atomic E-state index is 13.4. The summed E-state index contributed by atoms with van der Waals surface area (Å²) in [5.41, 5.74) is -0.447. The van der Waals surface area contributed by atoms with Gasteiger partial charge in [-0.05, 0) is 18.2 Å². The quantitative estimate of drug-likeness (QED) is 0.909. The third-order valence-corrected chi connectivity index (χ3v) is 2.54. The van der Waals surface area contributed by atoms with Crippen LogP contribution in [-0.2, 0) is 0 Å². The highest BCUT2D eigenvalue weighted by atomic mass is 19.2. The Labute approximate surface area is 112 Å². The van der Waals surface area contributed by atoms with Gasteiger partial charge in [0.05, 0.1) is 17.4 Å². The summed E-state index contributed by atoms with van der Waals surface area (Å²) < 4.78 is 39.6. The van der Waals surface area contributed by atoms with Crippen LogP contribution in [0.1, 0.15) is 10.4 Å². The Balaban J connectivity index is 2.33. The molecule has 104 valence electrons. The average molecular weight is 281 g/mol. The van der Waals surface area contributed by atoms with Crippen LogP contribution in [-0.4, -0.2) is 17.9 Å². The smallest absolute Gasteiger partial charge is 0.259 e. The molecule has 20 heavy (non-hydrogen) atoms. The molecule has 2 N–H and O–H groups in total. The lowest BCUT2D eigenvalue weighted by Crippen LogP contribution is -2.16. The summed E-state index contributed by atoms with van der Waals surface area (Å²) in [4.78, 5) is 15.6. The molecule has 0 fully saturated rings. The van der Waals surface area contributed by atoms with E-state index in [1.807, 2.05) is 0 Å². The van der Waals surface area contributed by atoms with Gasteiger partial charge in [0, 0.05) is 7.05 Å². The molecule has 0 aliphatic carbocycles. The van der Waals surface area contributed by atoms with Crippen LogP contribution in [0.15, 0.2) is 30.5 Å². The van der Waals surface area contributed by atoms with Crippen molar-refractivity contribution in [2.75, 3.05) is 17.7 Å². The highest BCUT2D eigenvalue weighted by Gasteiger charge is 2.16. The SMILES string of the molecule is CNc1ncc(F)cc1C(=O)Nc1cccc(F)c1F. The Morgan fingerprint density at radius 3 is 2.70 bits per heavy atom. The van der Waals surface area contributed by atoms with E-state index < -0.39 is 23.4 Å². The molecule has 1 aromatic heterocycles. The Hall–Kier alpha value is -2.57. The molecule has 7 heteroatoms. The summed E-state index contributed by atoms with van der Waals surface area (Å²) in [6, 6.07) is 4.32. The lowest BCUT2D eigenvalue weighted by Gasteiger charge is -2.10. The monoisotopic (exact) mass is 281 g/mol. The molecule has 1 heterocycles. The van der Waals surface area contributed by atoms with Gasteiger partial charge in [-0.3, -0.25) is 4.79 Å². The van der Waals surface area contributed by atoms with Gasteiger partial charge in [0.1, 0.15) is 11.6 Å². The molecule has 0 atom stereocenters. The van der Waals surface area contributed by atoms with E-state index in [1.54, 1.807) is 0 Å². The molecule has 0 spiro atoms. The van der Waals surface area contributed by atoms with E-state index >= 15 is 0 Å². The number of aromatic nitrogens is 1. The first-order chi connectivity index (χ1) is 9.52. The topological polar surface area (TPSA) is 54.0 Å². The van der Waals surface area contributed by atoms with E-state index in [4.69, 9.17) is 0 Å². The molecule has 0 aliphatic rings. The standard InChI is InChI=1S/C13H10F3N3O/c1-17-12-8(5-7(14)6-18-12)13(20)19-10-4-2-3-9(15)11(10)16/h2-6H,1H3,(H,17,18)(H,19,20). The van der Waals surface area contributed by atoms with E-state index in [1.165, 1.54) is 19.2 Å². The molecule has 2 aromatic rings. The fourth-order valence-corrected chi connectivity index (χ4v) is 1.60. The van der Waals surface area contributed by atoms with Gasteiger partial charge in [0.15, 0.2) is 11.6 Å². The largest absolute Gasteiger partial charge is 0.372 e. The molecule has 2 rings (SSSR count). The van der Waals surface area contributed by atoms with Crippen LogP contribution < -0.4 is 10.6 Å². The number of nitrogens with zero attached hydrogens (tertiary/aromatic N) is 1. The third kappa shape index (κ3) is 2.71. The predicted octanol–water partition coefficient (Wildman–Crippen LogP) is 2.79. The number of nitrogens with one attached hydrogen (secondary N) is 2. The van der Waals surface area contributed by atoms with Crippen molar-refractivity contribution in [1.82, 2.24) is 4.98 Å². The third-order valence-electron chi connectivity index (χ3n) is 2.54. The molecular formula is C13H10F3N3O. The second-order valence-electron chi connectivity index (χ2n) is 3.86. The van der Waals surface area contributed by atoms with Gasteiger partial charge in [0.25, 0.3) is 5.91 Å². The van der Waals surface area contributed by atoms with Gasteiger partial charge in [-0.2, -0.15) is 0 Å². The first-order valence-electron chi connectivity index (χ1n) is 5.61. The van der Waals surface area contributed by atoms with Crippen molar-refractivity contribution in [3.8, 4) is 0 Å². The van der Waals surface area contributed by atoms with Gasteiger partial charge < -0.3 is 10.6 Å². The number of amides is 1. The normalized spacial score (nSPS) is 10.2. The maximum atomic E-state index is 13.4. The van der Waals surface area contributed by atoms with Crippen molar-refractivity contribution in [1.29, 1.82) is 0 Å². The van der Waals surface area contributed by atoms with E-state index in [0.29, 0.717) is 0 Å². The van der Waals surface area contributed by atoms with Crippen LogP contribution in [0.5, 0.6) is 0 Å². The predicted molar refractivity (Wildman–Crippen MR) is 68.1 cm³/mol. The molecule has 0 bridgehead atoms. The Morgan fingerprint density at radius 1 is 1.25 bits per heavy atom. The summed E-state index contributed by atoms with van der Waals surface area (Å²) in [5, 5.41) is 4.78. The molecule has 0 saturated heterocycles. The van der Waals surface area contributed by atoms with Crippen molar-refractivity contribution in [2.45, 2.75) is 0 Å². The summed E-state index contributed by atoms with van der Waals surface area (Å²) in [6.07, 6.45) is 0.936. The van der Waals surface area contributed by atoms with E-state index in [9.17, 15) is 18.0 Å². The molecule has 0 aliphatic heterocycles. The Kier molecular flexibility index (Phi) is 3.88. The number of carbonyl (C=O) groups is 1. The lowest BCUT2D eigenvalue weighted by atomic mass is 10.2. The Morgan fingerprint density at radius 2 is 2.00 bits per heavy atom. The second kappa shape index (κ2) is 5.60. The van der Waals surface area contributed by atoms with E-state index in [-0.39, 0.29) is 17.1 Å². The van der Waals surface area contributed by atoms with Gasteiger partial charge >= 0.3 is 0 Å². The molecule has 0 saturated carbocycles. The van der Waals surface area contributed by atoms with Crippen LogP contribution >= 0.6 is 0 Å². The first kappa shape index (κ1) is 13.9. The molecule has 1 aromatic carbocycles. The minimum absolute atomic E-state index is 0.115. The van der Waals surface area contributed by atoms with Crippen molar-refractivity contribution < 1.29 is 18.0 Å². The highest BCUT2D eigenvalue weighted by Crippen LogP contribution is 2.19. The van der Waals surface area contributed by atoms with Gasteiger partial charge in [-0.15, -0.1) is 0 Å². The fourth-order valence-electron chi connectivity index (χ4n) is 1.60. The van der Waals surface area contributed by atoms with Crippen molar-refractivity contribution in [2.24, 2.45) is 0 Å². The van der Waals surface area contributed by atoms with Crippen LogP contribution in [0.2, 0.25) is 0 Å². The molecule has 0 unspecified atom stereocenters. The number of anilines is 2. The molecular weight excluding hydrogens is 271 g/mol. The molecule has 1 amide bonds. The minimum atomic E-state index is -1.18. The maximum Gasteiger partial charge on any atom is 0.259 e. The second-order valence-corrected chi connectivity index (χ2v) is 3.86. The number of hydrogen-bond donors (Lipinski definition) is 2. The average Bonchev–Trinajstić information content (AvgIpc) is 2.43. The minimum Gasteiger partial charge on any atom is -0.372 e. The van der Waals surface area contributed by atoms with E-state index in [2.05, 4.69) is 15.6 Å². The summed E-state index contributed by atoms with van der Waals surface area (Å²) >= 11 is 0. The summed E-state index contributed by atoms with van der Waals surface area (Å²) in [7, 11) is 1.50. The molecule has 4 nitrogen and oxygen atoms in total. The molecule has 0 radical (unpaired) electrons. The summed E-state index contributed by atoms with van der Waals surface area (Å²) in [5.74, 6) is -3.66. The number of rotatable bonds is 3. The Bertz CT molecular complexity index is 661.